The summed E-state index contributed by atoms with van der Waals surface area (Å²) in [7, 11) is 3.15. The average Bonchev–Trinajstić information content (AvgIpc) is 2.67. The number of hydrogen-bond donors (Lipinski definition) is 1. The van der Waals surface area contributed by atoms with Gasteiger partial charge < -0.3 is 24.3 Å². The molecule has 0 aromatic heterocycles. The van der Waals surface area contributed by atoms with Crippen LogP contribution in [0.4, 0.5) is 0 Å². The number of rotatable bonds is 7. The molecule has 1 fully saturated rings. The summed E-state index contributed by atoms with van der Waals surface area (Å²) in [5.74, 6) is 1.69. The van der Waals surface area contributed by atoms with E-state index in [2.05, 4.69) is 5.32 Å². The van der Waals surface area contributed by atoms with Gasteiger partial charge in [-0.15, -0.1) is 0 Å². The fraction of sp³-hybridized carbons (Fsp3) is 0.611. The minimum Gasteiger partial charge on any atom is -0.493 e. The smallest absolute Gasteiger partial charge is 0.323 e. The number of carbonyl (C=O) groups is 1. The summed E-state index contributed by atoms with van der Waals surface area (Å²) in [5, 5.41) is 3.16. The summed E-state index contributed by atoms with van der Waals surface area (Å²) in [6.45, 7) is 5.40. The molecule has 1 aromatic carbocycles. The van der Waals surface area contributed by atoms with Crippen LogP contribution in [0, 0.1) is 0 Å². The van der Waals surface area contributed by atoms with E-state index in [1.165, 1.54) is 0 Å². The molecule has 1 atom stereocenters. The van der Waals surface area contributed by atoms with E-state index in [9.17, 15) is 4.79 Å². The number of nitrogens with one attached hydrogen (secondary N) is 1. The Morgan fingerprint density at radius 3 is 2.50 bits per heavy atom. The van der Waals surface area contributed by atoms with E-state index < -0.39 is 0 Å². The van der Waals surface area contributed by atoms with E-state index in [0.717, 1.165) is 25.8 Å². The molecule has 1 saturated heterocycles. The lowest BCUT2D eigenvalue weighted by Gasteiger charge is -2.21. The van der Waals surface area contributed by atoms with Crippen molar-refractivity contribution in [1.82, 2.24) is 5.32 Å². The first-order chi connectivity index (χ1) is 11.7. The zero-order chi connectivity index (χ0) is 17.8. The molecule has 0 spiro atoms. The van der Waals surface area contributed by atoms with Crippen LogP contribution in [0.2, 0.25) is 0 Å². The van der Waals surface area contributed by atoms with Gasteiger partial charge in [0.25, 0.3) is 0 Å². The molecule has 6 nitrogen and oxygen atoms in total. The van der Waals surface area contributed by atoms with Gasteiger partial charge in [-0.1, -0.05) is 20.3 Å². The quantitative estimate of drug-likeness (QED) is 0.609. The highest BCUT2D eigenvalue weighted by molar-refractivity contribution is 5.75. The molecule has 6 heteroatoms. The summed E-state index contributed by atoms with van der Waals surface area (Å²) in [6, 6.07) is 5.12. The second-order valence-corrected chi connectivity index (χ2v) is 5.04. The lowest BCUT2D eigenvalue weighted by Crippen LogP contribution is -2.41. The second kappa shape index (κ2) is 11.6. The SMILES string of the molecule is CC.COc1ccc(OCCOC(=O)C2CCCCN2)cc1OC. The van der Waals surface area contributed by atoms with Gasteiger partial charge in [0.15, 0.2) is 11.5 Å². The molecule has 1 aliphatic heterocycles. The maximum atomic E-state index is 11.8. The van der Waals surface area contributed by atoms with E-state index in [-0.39, 0.29) is 18.6 Å². The van der Waals surface area contributed by atoms with Gasteiger partial charge in [0.05, 0.1) is 14.2 Å². The number of hydrogen-bond acceptors (Lipinski definition) is 6. The first-order valence-corrected chi connectivity index (χ1v) is 8.49. The molecule has 2 rings (SSSR count). The largest absolute Gasteiger partial charge is 0.493 e. The van der Waals surface area contributed by atoms with Gasteiger partial charge in [0, 0.05) is 6.07 Å². The molecule has 1 aliphatic rings. The Morgan fingerprint density at radius 2 is 1.88 bits per heavy atom. The summed E-state index contributed by atoms with van der Waals surface area (Å²) >= 11 is 0. The highest BCUT2D eigenvalue weighted by Gasteiger charge is 2.21. The van der Waals surface area contributed by atoms with Gasteiger partial charge in [-0.25, -0.2) is 0 Å². The highest BCUT2D eigenvalue weighted by atomic mass is 16.6. The maximum Gasteiger partial charge on any atom is 0.323 e. The van der Waals surface area contributed by atoms with Crippen molar-refractivity contribution in [3.05, 3.63) is 18.2 Å². The van der Waals surface area contributed by atoms with Gasteiger partial charge in [0.2, 0.25) is 0 Å². The number of benzene rings is 1. The highest BCUT2D eigenvalue weighted by Crippen LogP contribution is 2.30. The topological polar surface area (TPSA) is 66.0 Å². The van der Waals surface area contributed by atoms with Crippen LogP contribution in [-0.2, 0) is 9.53 Å². The molecule has 0 saturated carbocycles. The Labute approximate surface area is 144 Å². The summed E-state index contributed by atoms with van der Waals surface area (Å²) < 4.78 is 21.1. The Balaban J connectivity index is 0.00000139. The van der Waals surface area contributed by atoms with Gasteiger partial charge >= 0.3 is 5.97 Å². The lowest BCUT2D eigenvalue weighted by atomic mass is 10.1. The van der Waals surface area contributed by atoms with Crippen molar-refractivity contribution in [3.63, 3.8) is 0 Å². The Hall–Kier alpha value is -1.95. The van der Waals surface area contributed by atoms with Gasteiger partial charge in [-0.05, 0) is 31.5 Å². The van der Waals surface area contributed by atoms with E-state index >= 15 is 0 Å². The zero-order valence-corrected chi connectivity index (χ0v) is 15.1. The lowest BCUT2D eigenvalue weighted by molar-refractivity contribution is -0.147. The van der Waals surface area contributed by atoms with Gasteiger partial charge in [-0.3, -0.25) is 4.79 Å². The molecule has 24 heavy (non-hydrogen) atoms. The van der Waals surface area contributed by atoms with Crippen LogP contribution in [0.15, 0.2) is 18.2 Å². The van der Waals surface area contributed by atoms with Crippen molar-refractivity contribution in [2.75, 3.05) is 34.0 Å². The second-order valence-electron chi connectivity index (χ2n) is 5.04. The van der Waals surface area contributed by atoms with E-state index in [4.69, 9.17) is 18.9 Å². The van der Waals surface area contributed by atoms with Crippen LogP contribution in [0.1, 0.15) is 33.1 Å². The monoisotopic (exact) mass is 339 g/mol. The van der Waals surface area contributed by atoms with Crippen LogP contribution in [0.3, 0.4) is 0 Å². The molecular weight excluding hydrogens is 310 g/mol. The Morgan fingerprint density at radius 1 is 1.12 bits per heavy atom. The molecular formula is C18H29NO5. The predicted molar refractivity (Wildman–Crippen MR) is 93.0 cm³/mol. The van der Waals surface area contributed by atoms with Crippen molar-refractivity contribution >= 4 is 5.97 Å². The molecule has 1 heterocycles. The van der Waals surface area contributed by atoms with Crippen molar-refractivity contribution in [2.45, 2.75) is 39.2 Å². The molecule has 0 aliphatic carbocycles. The van der Waals surface area contributed by atoms with Crippen molar-refractivity contribution < 1.29 is 23.7 Å². The average molecular weight is 339 g/mol. The molecule has 0 bridgehead atoms. The van der Waals surface area contributed by atoms with Crippen molar-refractivity contribution in [3.8, 4) is 17.2 Å². The van der Waals surface area contributed by atoms with Crippen LogP contribution >= 0.6 is 0 Å². The molecule has 0 radical (unpaired) electrons. The Kier molecular flexibility index (Phi) is 9.68. The van der Waals surface area contributed by atoms with Gasteiger partial charge in [0.1, 0.15) is 25.0 Å². The molecule has 1 aromatic rings. The summed E-state index contributed by atoms with van der Waals surface area (Å²) in [4.78, 5) is 11.8. The number of carbonyl (C=O) groups excluding carboxylic acids is 1. The van der Waals surface area contributed by atoms with Crippen molar-refractivity contribution in [2.24, 2.45) is 0 Å². The maximum absolute atomic E-state index is 11.8. The third-order valence-corrected chi connectivity index (χ3v) is 3.55. The minimum atomic E-state index is -0.199. The fourth-order valence-electron chi connectivity index (χ4n) is 2.36. The van der Waals surface area contributed by atoms with E-state index in [0.29, 0.717) is 23.9 Å². The molecule has 136 valence electrons. The van der Waals surface area contributed by atoms with Crippen molar-refractivity contribution in [1.29, 1.82) is 0 Å². The van der Waals surface area contributed by atoms with E-state index in [1.807, 2.05) is 13.8 Å². The molecule has 0 amide bonds. The number of methoxy groups -OCH3 is 2. The third-order valence-electron chi connectivity index (χ3n) is 3.55. The minimum absolute atomic E-state index is 0.171. The number of ether oxygens (including phenoxy) is 4. The molecule has 1 N–H and O–H groups in total. The van der Waals surface area contributed by atoms with Crippen LogP contribution < -0.4 is 19.5 Å². The number of piperidine rings is 1. The normalized spacial score (nSPS) is 16.4. The molecule has 1 unspecified atom stereocenters. The first-order valence-electron chi connectivity index (χ1n) is 8.49. The predicted octanol–water partition coefficient (Wildman–Crippen LogP) is 2.79. The zero-order valence-electron chi connectivity index (χ0n) is 15.1. The fourth-order valence-corrected chi connectivity index (χ4v) is 2.36. The standard InChI is InChI=1S/C16H23NO5.C2H6/c1-19-14-7-6-12(11-15(14)20-2)21-9-10-22-16(18)13-5-3-4-8-17-13;1-2/h6-7,11,13,17H,3-5,8-10H2,1-2H3;1-2H3. The van der Waals surface area contributed by atoms with E-state index in [1.54, 1.807) is 32.4 Å². The summed E-state index contributed by atoms with van der Waals surface area (Å²) in [5.41, 5.74) is 0. The summed E-state index contributed by atoms with van der Waals surface area (Å²) in [6.07, 6.45) is 3.02. The first kappa shape index (κ1) is 20.1. The third kappa shape index (κ3) is 6.28. The Bertz CT molecular complexity index is 486. The van der Waals surface area contributed by atoms with Gasteiger partial charge in [-0.2, -0.15) is 0 Å². The van der Waals surface area contributed by atoms with Crippen LogP contribution in [0.25, 0.3) is 0 Å². The van der Waals surface area contributed by atoms with Crippen LogP contribution in [0.5, 0.6) is 17.2 Å². The van der Waals surface area contributed by atoms with Crippen LogP contribution in [-0.4, -0.2) is 46.0 Å². The number of esters is 1.